The Morgan fingerprint density at radius 2 is 2.00 bits per heavy atom. The molecule has 0 atom stereocenters. The van der Waals surface area contributed by atoms with Gasteiger partial charge in [0.2, 0.25) is 5.69 Å². The third-order valence-electron chi connectivity index (χ3n) is 4.29. The highest BCUT2D eigenvalue weighted by Crippen LogP contribution is 2.27. The Balaban J connectivity index is 1.98. The van der Waals surface area contributed by atoms with Crippen molar-refractivity contribution in [3.8, 4) is 28.5 Å². The monoisotopic (exact) mass is 460 g/mol. The average molecular weight is 460 g/mol. The van der Waals surface area contributed by atoms with Crippen LogP contribution < -0.4 is 9.53 Å². The summed E-state index contributed by atoms with van der Waals surface area (Å²) in [6.07, 6.45) is 0. The molecule has 4 aromatic rings. The second-order valence-electron chi connectivity index (χ2n) is 6.17. The van der Waals surface area contributed by atoms with E-state index < -0.39 is 15.0 Å². The van der Waals surface area contributed by atoms with E-state index in [4.69, 9.17) is 4.74 Å². The normalized spacial score (nSPS) is 11.4. The predicted octanol–water partition coefficient (Wildman–Crippen LogP) is 2.44. The van der Waals surface area contributed by atoms with E-state index in [1.165, 1.54) is 64.4 Å². The predicted molar refractivity (Wildman–Crippen MR) is 109 cm³/mol. The van der Waals surface area contributed by atoms with Crippen LogP contribution in [0.4, 0.5) is 5.69 Å². The van der Waals surface area contributed by atoms with Crippen molar-refractivity contribution in [2.45, 2.75) is 4.90 Å². The van der Waals surface area contributed by atoms with Crippen molar-refractivity contribution in [3.05, 3.63) is 69.4 Å². The number of nitro benzene ring substituents is 1. The minimum atomic E-state index is -4.53. The molecule has 0 unspecified atom stereocenters. The fourth-order valence-electron chi connectivity index (χ4n) is 2.91. The Kier molecular flexibility index (Phi) is 5.22. The van der Waals surface area contributed by atoms with Gasteiger partial charge in [-0.05, 0) is 33.5 Å². The summed E-state index contributed by atoms with van der Waals surface area (Å²) < 4.78 is 38.6. The molecule has 2 aromatic heterocycles. The minimum absolute atomic E-state index is 0.0137. The van der Waals surface area contributed by atoms with Crippen LogP contribution in [0.1, 0.15) is 0 Å². The Morgan fingerprint density at radius 3 is 2.65 bits per heavy atom. The number of ether oxygens (including phenoxy) is 1. The van der Waals surface area contributed by atoms with Crippen molar-refractivity contribution < 1.29 is 27.4 Å². The summed E-state index contributed by atoms with van der Waals surface area (Å²) in [5, 5.41) is 23.6. The van der Waals surface area contributed by atoms with Gasteiger partial charge < -0.3 is 4.74 Å². The van der Waals surface area contributed by atoms with E-state index in [-0.39, 0.29) is 27.7 Å². The number of tetrazole rings is 1. The number of hydrogen-bond donors (Lipinski definition) is 1. The summed E-state index contributed by atoms with van der Waals surface area (Å²) in [4.78, 5) is 13.0. The molecule has 0 aliphatic rings. The Hall–Kier alpha value is -3.68. The molecule has 31 heavy (non-hydrogen) atoms. The van der Waals surface area contributed by atoms with E-state index in [0.29, 0.717) is 11.4 Å². The summed E-state index contributed by atoms with van der Waals surface area (Å²) in [6.45, 7) is 0. The average Bonchev–Trinajstić information content (AvgIpc) is 3.42. The molecule has 0 amide bonds. The third-order valence-corrected chi connectivity index (χ3v) is 5.87. The van der Waals surface area contributed by atoms with E-state index in [1.807, 2.05) is 5.38 Å². The molecular formula is C18H14N5O6S2+. The van der Waals surface area contributed by atoms with Gasteiger partial charge in [0.15, 0.2) is 5.75 Å². The van der Waals surface area contributed by atoms with Crippen molar-refractivity contribution in [2.75, 3.05) is 7.11 Å². The maximum absolute atomic E-state index is 11.8. The number of benzene rings is 2. The van der Waals surface area contributed by atoms with Crippen LogP contribution in [0.5, 0.6) is 5.75 Å². The Labute approximate surface area is 179 Å². The van der Waals surface area contributed by atoms with E-state index >= 15 is 0 Å². The summed E-state index contributed by atoms with van der Waals surface area (Å²) in [5.41, 5.74) is 0.879. The number of aromatic nitrogens is 4. The van der Waals surface area contributed by atoms with Crippen LogP contribution in [0.25, 0.3) is 22.8 Å². The lowest BCUT2D eigenvalue weighted by atomic mass is 10.2. The largest absolute Gasteiger partial charge is 0.492 e. The molecule has 1 N–H and O–H groups in total. The Bertz CT molecular complexity index is 1380. The highest BCUT2D eigenvalue weighted by Gasteiger charge is 2.30. The topological polar surface area (TPSA) is 141 Å². The summed E-state index contributed by atoms with van der Waals surface area (Å²) in [5.74, 6) is 0.178. The highest BCUT2D eigenvalue weighted by molar-refractivity contribution is 7.86. The molecule has 0 aliphatic heterocycles. The molecule has 11 nitrogen and oxygen atoms in total. The summed E-state index contributed by atoms with van der Waals surface area (Å²) in [6, 6.07) is 11.5. The first kappa shape index (κ1) is 20.6. The molecule has 13 heteroatoms. The van der Waals surface area contributed by atoms with E-state index in [0.717, 1.165) is 0 Å². The quantitative estimate of drug-likeness (QED) is 0.200. The molecule has 4 rings (SSSR count). The van der Waals surface area contributed by atoms with Crippen molar-refractivity contribution in [1.82, 2.24) is 15.0 Å². The van der Waals surface area contributed by atoms with Crippen molar-refractivity contribution in [3.63, 3.8) is 0 Å². The van der Waals surface area contributed by atoms with Gasteiger partial charge in [-0.2, -0.15) is 8.42 Å². The first-order chi connectivity index (χ1) is 14.8. The zero-order chi connectivity index (χ0) is 22.2. The van der Waals surface area contributed by atoms with Crippen LogP contribution in [0, 0.1) is 10.1 Å². The Morgan fingerprint density at radius 1 is 1.23 bits per heavy atom. The molecule has 2 aromatic carbocycles. The van der Waals surface area contributed by atoms with Gasteiger partial charge in [-0.25, -0.2) is 0 Å². The number of hydrogen-bond acceptors (Lipinski definition) is 8. The van der Waals surface area contributed by atoms with Crippen LogP contribution in [-0.2, 0) is 10.1 Å². The first-order valence-electron chi connectivity index (χ1n) is 8.61. The summed E-state index contributed by atoms with van der Waals surface area (Å²) >= 11 is 1.41. The standard InChI is InChI=1S/C18H13N5O6S2/c1-29-16-10-12(23(24)25)6-7-15(16)22-20-18(19-21(22)13-8-9-30-11-13)14-4-2-3-5-17(14)31(26,27)28/h2-11H,1H3/p+1. The molecule has 158 valence electrons. The third kappa shape index (κ3) is 3.88. The fraction of sp³-hybridized carbons (Fsp3) is 0.0556. The number of non-ortho nitro benzene ring substituents is 1. The lowest BCUT2D eigenvalue weighted by Crippen LogP contribution is -2.43. The van der Waals surface area contributed by atoms with Gasteiger partial charge in [-0.1, -0.05) is 12.1 Å². The van der Waals surface area contributed by atoms with Crippen LogP contribution in [0.15, 0.2) is 64.2 Å². The maximum atomic E-state index is 11.8. The smallest absolute Gasteiger partial charge is 0.341 e. The molecule has 0 spiro atoms. The van der Waals surface area contributed by atoms with Gasteiger partial charge in [0.25, 0.3) is 15.8 Å². The fourth-order valence-corrected chi connectivity index (χ4v) is 4.20. The number of nitro groups is 1. The van der Waals surface area contributed by atoms with Gasteiger partial charge in [-0.15, -0.1) is 11.3 Å². The number of nitrogens with zero attached hydrogens (tertiary/aromatic N) is 5. The van der Waals surface area contributed by atoms with Crippen molar-refractivity contribution >= 4 is 27.1 Å². The van der Waals surface area contributed by atoms with Gasteiger partial charge >= 0.3 is 5.82 Å². The van der Waals surface area contributed by atoms with Crippen LogP contribution in [0.3, 0.4) is 0 Å². The molecule has 0 radical (unpaired) electrons. The van der Waals surface area contributed by atoms with Gasteiger partial charge in [-0.3, -0.25) is 14.7 Å². The molecular weight excluding hydrogens is 446 g/mol. The summed E-state index contributed by atoms with van der Waals surface area (Å²) in [7, 11) is -3.16. The molecule has 0 saturated carbocycles. The number of thiophene rings is 1. The highest BCUT2D eigenvalue weighted by atomic mass is 32.2. The zero-order valence-electron chi connectivity index (χ0n) is 15.8. The second kappa shape index (κ2) is 7.86. The number of methoxy groups -OCH3 is 1. The van der Waals surface area contributed by atoms with Crippen molar-refractivity contribution in [1.29, 1.82) is 0 Å². The van der Waals surface area contributed by atoms with E-state index in [2.05, 4.69) is 10.2 Å². The number of rotatable bonds is 6. The van der Waals surface area contributed by atoms with Crippen LogP contribution >= 0.6 is 11.3 Å². The lowest BCUT2D eigenvalue weighted by Gasteiger charge is -2.04. The molecule has 0 aliphatic carbocycles. The zero-order valence-corrected chi connectivity index (χ0v) is 17.4. The van der Waals surface area contributed by atoms with Gasteiger partial charge in [0.05, 0.1) is 28.8 Å². The molecule has 0 bridgehead atoms. The molecule has 0 saturated heterocycles. The lowest BCUT2D eigenvalue weighted by molar-refractivity contribution is -0.734. The minimum Gasteiger partial charge on any atom is -0.492 e. The first-order valence-corrected chi connectivity index (χ1v) is 11.0. The van der Waals surface area contributed by atoms with E-state index in [9.17, 15) is 23.1 Å². The second-order valence-corrected chi connectivity index (χ2v) is 8.34. The van der Waals surface area contributed by atoms with Gasteiger partial charge in [0.1, 0.15) is 10.6 Å². The van der Waals surface area contributed by atoms with Crippen LogP contribution in [0.2, 0.25) is 0 Å². The SMILES string of the molecule is COc1cc([N+](=O)[O-])ccc1-[n+]1nc(-c2ccccc2S(=O)(=O)O)nn1-c1ccsc1. The van der Waals surface area contributed by atoms with Gasteiger partial charge in [0, 0.05) is 22.3 Å². The van der Waals surface area contributed by atoms with Crippen molar-refractivity contribution in [2.24, 2.45) is 0 Å². The van der Waals surface area contributed by atoms with E-state index in [1.54, 1.807) is 17.5 Å². The maximum Gasteiger partial charge on any atom is 0.341 e. The molecule has 2 heterocycles. The van der Waals surface area contributed by atoms with Crippen LogP contribution in [-0.4, -0.2) is 40.0 Å². The molecule has 0 fully saturated rings.